The number of rotatable bonds is 7. The maximum Gasteiger partial charge on any atom is 0.453 e. The highest BCUT2D eigenvalue weighted by Gasteiger charge is 2.38. The molecule has 0 atom stereocenters. The Morgan fingerprint density at radius 1 is 1.18 bits per heavy atom. The van der Waals surface area contributed by atoms with Crippen LogP contribution in [0.1, 0.15) is 18.7 Å². The molecule has 3 aromatic heterocycles. The molecule has 33 heavy (non-hydrogen) atoms. The number of ether oxygens (including phenoxy) is 2. The second kappa shape index (κ2) is 9.57. The Balaban J connectivity index is 1.39. The predicted molar refractivity (Wildman–Crippen MR) is 111 cm³/mol. The standard InChI is InChI=1S/C20H22F3N7O3/c1-32-11-12-33-18-14(3-2-8-24-18)25-17(31)13-6-9-29(10-7-13)16-5-4-15-26-27-19(20(21,22)23)30(15)28-16/h2-5,8,13H,6-7,9-12H2,1H3,(H,25,31). The lowest BCUT2D eigenvalue weighted by Gasteiger charge is -2.32. The number of hydrogen-bond acceptors (Lipinski definition) is 8. The SMILES string of the molecule is COCCOc1ncccc1NC(=O)C1CCN(c2ccc3nnc(C(F)(F)F)n3n2)CC1. The fraction of sp³-hybridized carbons (Fsp3) is 0.450. The summed E-state index contributed by atoms with van der Waals surface area (Å²) in [6.45, 7) is 1.62. The van der Waals surface area contributed by atoms with Crippen molar-refractivity contribution in [3.8, 4) is 5.88 Å². The van der Waals surface area contributed by atoms with Crippen molar-refractivity contribution in [1.29, 1.82) is 0 Å². The molecule has 1 N–H and O–H groups in total. The van der Waals surface area contributed by atoms with E-state index in [1.165, 1.54) is 6.07 Å². The molecule has 0 bridgehead atoms. The van der Waals surface area contributed by atoms with Gasteiger partial charge in [-0.15, -0.1) is 15.3 Å². The van der Waals surface area contributed by atoms with Gasteiger partial charge in [-0.05, 0) is 37.1 Å². The van der Waals surface area contributed by atoms with Crippen molar-refractivity contribution in [1.82, 2.24) is 24.8 Å². The van der Waals surface area contributed by atoms with Crippen molar-refractivity contribution in [2.75, 3.05) is 43.6 Å². The van der Waals surface area contributed by atoms with Gasteiger partial charge in [-0.3, -0.25) is 4.79 Å². The molecule has 0 aliphatic carbocycles. The van der Waals surface area contributed by atoms with Crippen molar-refractivity contribution >= 4 is 23.1 Å². The molecule has 0 unspecified atom stereocenters. The first-order valence-corrected chi connectivity index (χ1v) is 10.3. The topological polar surface area (TPSA) is 107 Å². The summed E-state index contributed by atoms with van der Waals surface area (Å²) in [4.78, 5) is 18.8. The van der Waals surface area contributed by atoms with Gasteiger partial charge in [0.05, 0.1) is 6.61 Å². The van der Waals surface area contributed by atoms with Gasteiger partial charge >= 0.3 is 6.18 Å². The maximum atomic E-state index is 13.1. The van der Waals surface area contributed by atoms with Gasteiger partial charge in [0, 0.05) is 32.3 Å². The summed E-state index contributed by atoms with van der Waals surface area (Å²) >= 11 is 0. The molecule has 176 valence electrons. The zero-order chi connectivity index (χ0) is 23.4. The number of carbonyl (C=O) groups is 1. The number of piperidine rings is 1. The van der Waals surface area contributed by atoms with Crippen LogP contribution in [0.25, 0.3) is 5.65 Å². The first kappa shape index (κ1) is 22.7. The number of anilines is 2. The van der Waals surface area contributed by atoms with E-state index in [1.54, 1.807) is 31.5 Å². The van der Waals surface area contributed by atoms with Gasteiger partial charge in [-0.25, -0.2) is 4.98 Å². The Morgan fingerprint density at radius 3 is 2.70 bits per heavy atom. The Bertz CT molecular complexity index is 1110. The Hall–Kier alpha value is -3.48. The van der Waals surface area contributed by atoms with Gasteiger partial charge in [0.15, 0.2) is 5.65 Å². The van der Waals surface area contributed by atoms with E-state index in [4.69, 9.17) is 9.47 Å². The average Bonchev–Trinajstić information content (AvgIpc) is 3.24. The van der Waals surface area contributed by atoms with Crippen molar-refractivity contribution in [3.05, 3.63) is 36.3 Å². The zero-order valence-electron chi connectivity index (χ0n) is 17.7. The quantitative estimate of drug-likeness (QED) is 0.531. The van der Waals surface area contributed by atoms with Crippen molar-refractivity contribution < 1.29 is 27.4 Å². The van der Waals surface area contributed by atoms with Gasteiger partial charge in [0.25, 0.3) is 5.82 Å². The summed E-state index contributed by atoms with van der Waals surface area (Å²) in [6, 6.07) is 6.45. The number of aromatic nitrogens is 5. The van der Waals surface area contributed by atoms with Gasteiger partial charge in [-0.1, -0.05) is 0 Å². The second-order valence-electron chi connectivity index (χ2n) is 7.43. The van der Waals surface area contributed by atoms with Crippen molar-refractivity contribution in [2.45, 2.75) is 19.0 Å². The predicted octanol–water partition coefficient (Wildman–Crippen LogP) is 2.42. The van der Waals surface area contributed by atoms with E-state index in [0.717, 1.165) is 0 Å². The van der Waals surface area contributed by atoms with E-state index in [9.17, 15) is 18.0 Å². The number of amides is 1. The number of alkyl halides is 3. The molecular weight excluding hydrogens is 443 g/mol. The molecular formula is C20H22F3N7O3. The van der Waals surface area contributed by atoms with E-state index >= 15 is 0 Å². The molecule has 1 amide bonds. The molecule has 0 spiro atoms. The molecule has 13 heteroatoms. The molecule has 3 aromatic rings. The Labute approximate surface area is 186 Å². The zero-order valence-corrected chi connectivity index (χ0v) is 17.7. The first-order chi connectivity index (χ1) is 15.9. The van der Waals surface area contributed by atoms with Crippen LogP contribution in [-0.4, -0.2) is 64.1 Å². The highest BCUT2D eigenvalue weighted by Crippen LogP contribution is 2.29. The molecule has 0 aromatic carbocycles. The third-order valence-corrected chi connectivity index (χ3v) is 5.25. The number of hydrogen-bond donors (Lipinski definition) is 1. The Morgan fingerprint density at radius 2 is 1.97 bits per heavy atom. The third-order valence-electron chi connectivity index (χ3n) is 5.25. The highest BCUT2D eigenvalue weighted by molar-refractivity contribution is 5.93. The second-order valence-corrected chi connectivity index (χ2v) is 7.43. The number of nitrogens with one attached hydrogen (secondary N) is 1. The van der Waals surface area contributed by atoms with Crippen LogP contribution in [-0.2, 0) is 15.7 Å². The van der Waals surface area contributed by atoms with Crippen LogP contribution in [0, 0.1) is 5.92 Å². The number of pyridine rings is 1. The fourth-order valence-electron chi connectivity index (χ4n) is 3.55. The maximum absolute atomic E-state index is 13.1. The van der Waals surface area contributed by atoms with Crippen LogP contribution >= 0.6 is 0 Å². The van der Waals surface area contributed by atoms with E-state index in [2.05, 4.69) is 25.6 Å². The minimum absolute atomic E-state index is 0.0142. The lowest BCUT2D eigenvalue weighted by molar-refractivity contribution is -0.146. The van der Waals surface area contributed by atoms with Gasteiger partial charge < -0.3 is 19.7 Å². The van der Waals surface area contributed by atoms with Crippen LogP contribution in [0.15, 0.2) is 30.5 Å². The summed E-state index contributed by atoms with van der Waals surface area (Å²) in [5, 5.41) is 13.6. The molecule has 10 nitrogen and oxygen atoms in total. The lowest BCUT2D eigenvalue weighted by atomic mass is 9.96. The Kier molecular flexibility index (Phi) is 6.58. The van der Waals surface area contributed by atoms with E-state index in [1.807, 2.05) is 4.90 Å². The van der Waals surface area contributed by atoms with Crippen LogP contribution < -0.4 is 15.0 Å². The van der Waals surface area contributed by atoms with Gasteiger partial charge in [0.2, 0.25) is 11.8 Å². The molecule has 4 rings (SSSR count). The average molecular weight is 465 g/mol. The first-order valence-electron chi connectivity index (χ1n) is 10.3. The highest BCUT2D eigenvalue weighted by atomic mass is 19.4. The van der Waals surface area contributed by atoms with Gasteiger partial charge in [-0.2, -0.15) is 17.7 Å². The summed E-state index contributed by atoms with van der Waals surface area (Å²) in [5.74, 6) is -0.924. The molecule has 1 aliphatic rings. The number of carbonyl (C=O) groups excluding carboxylic acids is 1. The monoisotopic (exact) mass is 465 g/mol. The fourth-order valence-corrected chi connectivity index (χ4v) is 3.55. The molecule has 0 radical (unpaired) electrons. The molecule has 0 saturated carbocycles. The van der Waals surface area contributed by atoms with Crippen LogP contribution in [0.4, 0.5) is 24.7 Å². The van der Waals surface area contributed by atoms with Crippen molar-refractivity contribution in [2.24, 2.45) is 5.92 Å². The molecule has 4 heterocycles. The minimum Gasteiger partial charge on any atom is -0.474 e. The number of fused-ring (bicyclic) bond motifs is 1. The molecule has 1 fully saturated rings. The largest absolute Gasteiger partial charge is 0.474 e. The minimum atomic E-state index is -4.66. The van der Waals surface area contributed by atoms with Crippen LogP contribution in [0.5, 0.6) is 5.88 Å². The van der Waals surface area contributed by atoms with Crippen LogP contribution in [0.3, 0.4) is 0 Å². The lowest BCUT2D eigenvalue weighted by Crippen LogP contribution is -2.38. The normalized spacial score (nSPS) is 15.1. The van der Waals surface area contributed by atoms with Gasteiger partial charge in [0.1, 0.15) is 18.1 Å². The summed E-state index contributed by atoms with van der Waals surface area (Å²) < 4.78 is 50.5. The summed E-state index contributed by atoms with van der Waals surface area (Å²) in [7, 11) is 1.56. The smallest absolute Gasteiger partial charge is 0.453 e. The number of halogens is 3. The van der Waals surface area contributed by atoms with Crippen molar-refractivity contribution in [3.63, 3.8) is 0 Å². The number of nitrogens with zero attached hydrogens (tertiary/aromatic N) is 6. The summed E-state index contributed by atoms with van der Waals surface area (Å²) in [5.41, 5.74) is 0.487. The summed E-state index contributed by atoms with van der Waals surface area (Å²) in [6.07, 6.45) is -2.06. The third kappa shape index (κ3) is 5.13. The molecule has 1 saturated heterocycles. The number of methoxy groups -OCH3 is 1. The van der Waals surface area contributed by atoms with E-state index in [-0.39, 0.29) is 17.5 Å². The van der Waals surface area contributed by atoms with E-state index < -0.39 is 12.0 Å². The van der Waals surface area contributed by atoms with E-state index in [0.29, 0.717) is 61.0 Å². The van der Waals surface area contributed by atoms with Crippen LogP contribution in [0.2, 0.25) is 0 Å². The molecule has 1 aliphatic heterocycles.